The van der Waals surface area contributed by atoms with Crippen LogP contribution in [0, 0.1) is 0 Å². The predicted molar refractivity (Wildman–Crippen MR) is 76.0 cm³/mol. The summed E-state index contributed by atoms with van der Waals surface area (Å²) < 4.78 is 0. The molecule has 0 saturated heterocycles. The Hall–Kier alpha value is -1.03. The molecular weight excluding hydrogens is 271 g/mol. The molecule has 0 aliphatic rings. The number of carbonyl (C=O) groups excluding carboxylic acids is 1. The van der Waals surface area contributed by atoms with Crippen molar-refractivity contribution < 1.29 is 4.79 Å². The van der Waals surface area contributed by atoms with E-state index >= 15 is 0 Å². The smallest absolute Gasteiger partial charge is 0.236 e. The Balaban J connectivity index is 2.55. The summed E-state index contributed by atoms with van der Waals surface area (Å²) in [7, 11) is 1.74. The molecule has 1 N–H and O–H groups in total. The average Bonchev–Trinajstić information content (AvgIpc) is 2.32. The molecule has 1 aromatic carbocycles. The van der Waals surface area contributed by atoms with E-state index in [2.05, 4.69) is 11.9 Å². The fraction of sp³-hybridized carbons (Fsp3) is 0.308. The average molecular weight is 287 g/mol. The van der Waals surface area contributed by atoms with E-state index in [1.54, 1.807) is 30.2 Å². The lowest BCUT2D eigenvalue weighted by Crippen LogP contribution is -2.35. The van der Waals surface area contributed by atoms with E-state index in [1.807, 2.05) is 6.07 Å². The molecule has 0 atom stereocenters. The second kappa shape index (κ2) is 7.41. The van der Waals surface area contributed by atoms with Crippen molar-refractivity contribution in [2.24, 2.45) is 0 Å². The number of carbonyl (C=O) groups is 1. The van der Waals surface area contributed by atoms with Gasteiger partial charge in [-0.3, -0.25) is 4.79 Å². The van der Waals surface area contributed by atoms with Crippen molar-refractivity contribution >= 4 is 29.1 Å². The second-order valence-corrected chi connectivity index (χ2v) is 4.75. The van der Waals surface area contributed by atoms with Crippen molar-refractivity contribution in [3.05, 3.63) is 46.5 Å². The predicted octanol–water partition coefficient (Wildman–Crippen LogP) is 2.73. The SMILES string of the molecule is C=CCNCC(=O)N(C)Cc1ccc(Cl)cc1Cl. The van der Waals surface area contributed by atoms with Crippen LogP contribution in [0.5, 0.6) is 0 Å². The molecule has 0 fully saturated rings. The highest BCUT2D eigenvalue weighted by atomic mass is 35.5. The number of rotatable bonds is 6. The van der Waals surface area contributed by atoms with E-state index in [-0.39, 0.29) is 12.5 Å². The maximum atomic E-state index is 11.8. The minimum atomic E-state index is 0.00265. The number of hydrogen-bond acceptors (Lipinski definition) is 2. The van der Waals surface area contributed by atoms with Gasteiger partial charge in [0.25, 0.3) is 0 Å². The van der Waals surface area contributed by atoms with Crippen LogP contribution in [0.4, 0.5) is 0 Å². The van der Waals surface area contributed by atoms with E-state index in [4.69, 9.17) is 23.2 Å². The third-order valence-electron chi connectivity index (χ3n) is 2.41. The molecule has 0 heterocycles. The number of amides is 1. The van der Waals surface area contributed by atoms with Crippen LogP contribution in [-0.4, -0.2) is 30.9 Å². The number of benzene rings is 1. The van der Waals surface area contributed by atoms with Crippen LogP contribution < -0.4 is 5.32 Å². The molecule has 0 aromatic heterocycles. The molecule has 1 aromatic rings. The van der Waals surface area contributed by atoms with Crippen LogP contribution in [0.25, 0.3) is 0 Å². The quantitative estimate of drug-likeness (QED) is 0.644. The van der Waals surface area contributed by atoms with Crippen molar-refractivity contribution in [3.8, 4) is 0 Å². The summed E-state index contributed by atoms with van der Waals surface area (Å²) in [6.07, 6.45) is 1.71. The number of nitrogens with one attached hydrogen (secondary N) is 1. The Morgan fingerprint density at radius 1 is 1.50 bits per heavy atom. The van der Waals surface area contributed by atoms with Crippen LogP contribution in [0.2, 0.25) is 10.0 Å². The van der Waals surface area contributed by atoms with Gasteiger partial charge in [0.05, 0.1) is 6.54 Å². The molecule has 1 rings (SSSR count). The summed E-state index contributed by atoms with van der Waals surface area (Å²) in [5.74, 6) is 0.00265. The summed E-state index contributed by atoms with van der Waals surface area (Å²) in [5, 5.41) is 4.12. The second-order valence-electron chi connectivity index (χ2n) is 3.91. The van der Waals surface area contributed by atoms with Crippen LogP contribution >= 0.6 is 23.2 Å². The molecule has 0 radical (unpaired) electrons. The van der Waals surface area contributed by atoms with E-state index in [0.717, 1.165) is 5.56 Å². The summed E-state index contributed by atoms with van der Waals surface area (Å²) >= 11 is 11.9. The van der Waals surface area contributed by atoms with Gasteiger partial charge >= 0.3 is 0 Å². The highest BCUT2D eigenvalue weighted by Crippen LogP contribution is 2.21. The largest absolute Gasteiger partial charge is 0.340 e. The minimum Gasteiger partial charge on any atom is -0.340 e. The fourth-order valence-electron chi connectivity index (χ4n) is 1.41. The van der Waals surface area contributed by atoms with Gasteiger partial charge in [-0.05, 0) is 17.7 Å². The van der Waals surface area contributed by atoms with Gasteiger partial charge in [-0.1, -0.05) is 35.3 Å². The summed E-state index contributed by atoms with van der Waals surface area (Å²) in [4.78, 5) is 13.4. The molecule has 0 bridgehead atoms. The van der Waals surface area contributed by atoms with Crippen molar-refractivity contribution in [2.75, 3.05) is 20.1 Å². The van der Waals surface area contributed by atoms with Crippen LogP contribution in [-0.2, 0) is 11.3 Å². The monoisotopic (exact) mass is 286 g/mol. The van der Waals surface area contributed by atoms with E-state index in [9.17, 15) is 4.79 Å². The molecule has 3 nitrogen and oxygen atoms in total. The minimum absolute atomic E-state index is 0.00265. The van der Waals surface area contributed by atoms with Gasteiger partial charge in [-0.2, -0.15) is 0 Å². The lowest BCUT2D eigenvalue weighted by molar-refractivity contribution is -0.129. The lowest BCUT2D eigenvalue weighted by atomic mass is 10.2. The highest BCUT2D eigenvalue weighted by molar-refractivity contribution is 6.35. The van der Waals surface area contributed by atoms with Crippen molar-refractivity contribution in [3.63, 3.8) is 0 Å². The summed E-state index contributed by atoms with van der Waals surface area (Å²) in [6, 6.07) is 5.26. The Morgan fingerprint density at radius 2 is 2.22 bits per heavy atom. The molecule has 0 saturated carbocycles. The zero-order chi connectivity index (χ0) is 13.5. The van der Waals surface area contributed by atoms with Gasteiger partial charge in [0.15, 0.2) is 0 Å². The lowest BCUT2D eigenvalue weighted by Gasteiger charge is -2.18. The summed E-state index contributed by atoms with van der Waals surface area (Å²) in [5.41, 5.74) is 0.876. The maximum Gasteiger partial charge on any atom is 0.236 e. The number of halogens is 2. The molecule has 0 spiro atoms. The molecule has 0 aliphatic carbocycles. The van der Waals surface area contributed by atoms with Gasteiger partial charge in [0.2, 0.25) is 5.91 Å². The summed E-state index contributed by atoms with van der Waals surface area (Å²) in [6.45, 7) is 4.93. The van der Waals surface area contributed by atoms with E-state index < -0.39 is 0 Å². The van der Waals surface area contributed by atoms with Crippen molar-refractivity contribution in [1.29, 1.82) is 0 Å². The van der Waals surface area contributed by atoms with Crippen molar-refractivity contribution in [2.45, 2.75) is 6.54 Å². The fourth-order valence-corrected chi connectivity index (χ4v) is 1.88. The zero-order valence-electron chi connectivity index (χ0n) is 10.2. The van der Waals surface area contributed by atoms with Gasteiger partial charge in [0, 0.05) is 30.2 Å². The molecule has 0 unspecified atom stereocenters. The molecule has 5 heteroatoms. The maximum absolute atomic E-state index is 11.8. The zero-order valence-corrected chi connectivity index (χ0v) is 11.8. The number of nitrogens with zero attached hydrogens (tertiary/aromatic N) is 1. The Kier molecular flexibility index (Phi) is 6.19. The topological polar surface area (TPSA) is 32.3 Å². The first kappa shape index (κ1) is 15.0. The molecule has 98 valence electrons. The first-order chi connectivity index (χ1) is 8.54. The Morgan fingerprint density at radius 3 is 2.83 bits per heavy atom. The van der Waals surface area contributed by atoms with Crippen LogP contribution in [0.3, 0.4) is 0 Å². The standard InChI is InChI=1S/C13H16Cl2N2O/c1-3-6-16-8-13(18)17(2)9-10-4-5-11(14)7-12(10)15/h3-5,7,16H,1,6,8-9H2,2H3. The molecular formula is C13H16Cl2N2O. The van der Waals surface area contributed by atoms with E-state index in [0.29, 0.717) is 23.1 Å². The third-order valence-corrected chi connectivity index (χ3v) is 3.00. The van der Waals surface area contributed by atoms with Crippen LogP contribution in [0.1, 0.15) is 5.56 Å². The number of hydrogen-bond donors (Lipinski definition) is 1. The van der Waals surface area contributed by atoms with Crippen molar-refractivity contribution in [1.82, 2.24) is 10.2 Å². The molecule has 18 heavy (non-hydrogen) atoms. The van der Waals surface area contributed by atoms with Gasteiger partial charge < -0.3 is 10.2 Å². The van der Waals surface area contributed by atoms with Gasteiger partial charge in [0.1, 0.15) is 0 Å². The highest BCUT2D eigenvalue weighted by Gasteiger charge is 2.10. The Bertz CT molecular complexity index is 435. The molecule has 1 amide bonds. The first-order valence-corrected chi connectivity index (χ1v) is 6.29. The molecule has 0 aliphatic heterocycles. The van der Waals surface area contributed by atoms with Gasteiger partial charge in [-0.25, -0.2) is 0 Å². The van der Waals surface area contributed by atoms with Crippen LogP contribution in [0.15, 0.2) is 30.9 Å². The van der Waals surface area contributed by atoms with E-state index in [1.165, 1.54) is 0 Å². The normalized spacial score (nSPS) is 10.2. The third kappa shape index (κ3) is 4.69. The Labute approximate surface area is 117 Å². The number of likely N-dealkylation sites (N-methyl/N-ethyl adjacent to an activating group) is 1. The first-order valence-electron chi connectivity index (χ1n) is 5.54. The van der Waals surface area contributed by atoms with Gasteiger partial charge in [-0.15, -0.1) is 6.58 Å².